The molecule has 1 aliphatic heterocycles. The number of rotatable bonds is 2. The van der Waals surface area contributed by atoms with Gasteiger partial charge in [-0.05, 0) is 37.6 Å². The summed E-state index contributed by atoms with van der Waals surface area (Å²) in [6.45, 7) is 2.03. The minimum Gasteiger partial charge on any atom is -0.342 e. The fraction of sp³-hybridized carbons (Fsp3) is 0.357. The summed E-state index contributed by atoms with van der Waals surface area (Å²) in [5.74, 6) is 1.06. The highest BCUT2D eigenvalue weighted by atomic mass is 35.5. The molecule has 1 aromatic carbocycles. The van der Waals surface area contributed by atoms with Gasteiger partial charge in [0.1, 0.15) is 11.6 Å². The highest BCUT2D eigenvalue weighted by Crippen LogP contribution is 2.29. The number of nitrogens with zero attached hydrogens (tertiary/aromatic N) is 1. The van der Waals surface area contributed by atoms with Crippen molar-refractivity contribution in [1.29, 1.82) is 0 Å². The van der Waals surface area contributed by atoms with Crippen LogP contribution < -0.4 is 5.32 Å². The van der Waals surface area contributed by atoms with Crippen LogP contribution in [0.3, 0.4) is 0 Å². The first-order valence-electron chi connectivity index (χ1n) is 6.45. The van der Waals surface area contributed by atoms with Gasteiger partial charge in [0.15, 0.2) is 0 Å². The van der Waals surface area contributed by atoms with E-state index in [1.54, 1.807) is 12.3 Å². The molecule has 0 aliphatic carbocycles. The summed E-state index contributed by atoms with van der Waals surface area (Å²) >= 11 is 6.06. The molecule has 19 heavy (non-hydrogen) atoms. The lowest BCUT2D eigenvalue weighted by Gasteiger charge is -2.20. The third kappa shape index (κ3) is 2.65. The molecule has 100 valence electrons. The minimum atomic E-state index is -0.329. The van der Waals surface area contributed by atoms with Crippen molar-refractivity contribution in [3.63, 3.8) is 0 Å². The van der Waals surface area contributed by atoms with Crippen LogP contribution in [0.4, 0.5) is 4.39 Å². The van der Waals surface area contributed by atoms with E-state index in [1.165, 1.54) is 12.1 Å². The van der Waals surface area contributed by atoms with Crippen molar-refractivity contribution >= 4 is 11.6 Å². The molecule has 0 radical (unpaired) electrons. The van der Waals surface area contributed by atoms with Gasteiger partial charge in [0.25, 0.3) is 0 Å². The Morgan fingerprint density at radius 1 is 1.37 bits per heavy atom. The number of aromatic amines is 1. The molecular weight excluding hydrogens is 265 g/mol. The lowest BCUT2D eigenvalue weighted by molar-refractivity contribution is 0.449. The Kier molecular flexibility index (Phi) is 3.53. The Morgan fingerprint density at radius 3 is 3.00 bits per heavy atom. The van der Waals surface area contributed by atoms with Crippen LogP contribution in [0.1, 0.15) is 24.6 Å². The van der Waals surface area contributed by atoms with E-state index in [1.807, 2.05) is 0 Å². The van der Waals surface area contributed by atoms with Crippen LogP contribution in [0.5, 0.6) is 0 Å². The van der Waals surface area contributed by atoms with Gasteiger partial charge in [0.05, 0.1) is 16.9 Å². The van der Waals surface area contributed by atoms with Crippen molar-refractivity contribution < 1.29 is 4.39 Å². The minimum absolute atomic E-state index is 0.329. The van der Waals surface area contributed by atoms with Gasteiger partial charge >= 0.3 is 0 Å². The second kappa shape index (κ2) is 5.31. The standard InChI is InChI=1S/C14H15ClFN3/c15-12-6-10(16)3-4-11(12)13-8-18-14(19-13)9-2-1-5-17-7-9/h3-4,6,8-9,17H,1-2,5,7H2,(H,18,19). The van der Waals surface area contributed by atoms with Crippen LogP contribution in [-0.2, 0) is 0 Å². The Morgan fingerprint density at radius 2 is 2.26 bits per heavy atom. The number of nitrogens with one attached hydrogen (secondary N) is 2. The number of benzene rings is 1. The molecule has 1 atom stereocenters. The molecule has 2 heterocycles. The van der Waals surface area contributed by atoms with Crippen molar-refractivity contribution in [3.05, 3.63) is 41.1 Å². The van der Waals surface area contributed by atoms with Crippen molar-refractivity contribution in [2.45, 2.75) is 18.8 Å². The van der Waals surface area contributed by atoms with Crippen LogP contribution >= 0.6 is 11.6 Å². The molecule has 1 unspecified atom stereocenters. The molecule has 0 saturated carbocycles. The maximum atomic E-state index is 13.0. The molecule has 0 spiro atoms. The zero-order valence-corrected chi connectivity index (χ0v) is 11.2. The van der Waals surface area contributed by atoms with Gasteiger partial charge in [-0.2, -0.15) is 0 Å². The Hall–Kier alpha value is -1.39. The number of aromatic nitrogens is 2. The summed E-state index contributed by atoms with van der Waals surface area (Å²) in [5, 5.41) is 3.77. The molecule has 2 N–H and O–H groups in total. The first kappa shape index (κ1) is 12.6. The Balaban J connectivity index is 1.87. The molecule has 2 aromatic rings. The Bertz CT molecular complexity index is 576. The lowest BCUT2D eigenvalue weighted by Crippen LogP contribution is -2.28. The summed E-state index contributed by atoms with van der Waals surface area (Å²) in [6.07, 6.45) is 4.07. The molecule has 1 saturated heterocycles. The van der Waals surface area contributed by atoms with E-state index < -0.39 is 0 Å². The van der Waals surface area contributed by atoms with Crippen LogP contribution in [0.25, 0.3) is 11.3 Å². The highest BCUT2D eigenvalue weighted by molar-refractivity contribution is 6.33. The van der Waals surface area contributed by atoms with Crippen LogP contribution in [0.15, 0.2) is 24.4 Å². The van der Waals surface area contributed by atoms with Gasteiger partial charge in [-0.1, -0.05) is 11.6 Å². The number of halogens is 2. The highest BCUT2D eigenvalue weighted by Gasteiger charge is 2.18. The molecular formula is C14H15ClFN3. The zero-order chi connectivity index (χ0) is 13.2. The van der Waals surface area contributed by atoms with Gasteiger partial charge in [0, 0.05) is 18.0 Å². The van der Waals surface area contributed by atoms with Crippen molar-refractivity contribution in [3.8, 4) is 11.3 Å². The average Bonchev–Trinajstić information content (AvgIpc) is 2.89. The number of piperidine rings is 1. The van der Waals surface area contributed by atoms with Crippen molar-refractivity contribution in [2.75, 3.05) is 13.1 Å². The van der Waals surface area contributed by atoms with Crippen LogP contribution in [0, 0.1) is 5.82 Å². The molecule has 1 aliphatic rings. The van der Waals surface area contributed by atoms with E-state index in [0.717, 1.165) is 43.0 Å². The molecule has 1 fully saturated rings. The largest absolute Gasteiger partial charge is 0.342 e. The molecule has 0 amide bonds. The SMILES string of the molecule is Fc1ccc(-c2cnc(C3CCCNC3)[nH]2)c(Cl)c1. The molecule has 3 rings (SSSR count). The van der Waals surface area contributed by atoms with E-state index in [4.69, 9.17) is 11.6 Å². The van der Waals surface area contributed by atoms with Crippen molar-refractivity contribution in [1.82, 2.24) is 15.3 Å². The van der Waals surface area contributed by atoms with E-state index in [9.17, 15) is 4.39 Å². The summed E-state index contributed by atoms with van der Waals surface area (Å²) in [4.78, 5) is 7.73. The van der Waals surface area contributed by atoms with Gasteiger partial charge in [-0.15, -0.1) is 0 Å². The molecule has 3 nitrogen and oxygen atoms in total. The fourth-order valence-electron chi connectivity index (χ4n) is 2.47. The van der Waals surface area contributed by atoms with Gasteiger partial charge in [-0.3, -0.25) is 0 Å². The third-order valence-corrected chi connectivity index (χ3v) is 3.81. The van der Waals surface area contributed by atoms with Gasteiger partial charge in [0.2, 0.25) is 0 Å². The quantitative estimate of drug-likeness (QED) is 0.885. The average molecular weight is 280 g/mol. The predicted octanol–water partition coefficient (Wildman–Crippen LogP) is 3.34. The normalized spacial score (nSPS) is 19.6. The zero-order valence-electron chi connectivity index (χ0n) is 10.4. The molecule has 1 aromatic heterocycles. The first-order chi connectivity index (χ1) is 9.24. The topological polar surface area (TPSA) is 40.7 Å². The van der Waals surface area contributed by atoms with E-state index in [2.05, 4.69) is 15.3 Å². The number of hydrogen-bond donors (Lipinski definition) is 2. The van der Waals surface area contributed by atoms with Gasteiger partial charge < -0.3 is 10.3 Å². The van der Waals surface area contributed by atoms with E-state index in [0.29, 0.717) is 10.9 Å². The fourth-order valence-corrected chi connectivity index (χ4v) is 2.74. The Labute approximate surface area is 116 Å². The summed E-state index contributed by atoms with van der Waals surface area (Å²) in [5.41, 5.74) is 1.62. The smallest absolute Gasteiger partial charge is 0.124 e. The second-order valence-corrected chi connectivity index (χ2v) is 5.26. The third-order valence-electron chi connectivity index (χ3n) is 3.50. The maximum absolute atomic E-state index is 13.0. The van der Waals surface area contributed by atoms with Crippen molar-refractivity contribution in [2.24, 2.45) is 0 Å². The summed E-state index contributed by atoms with van der Waals surface area (Å²) in [7, 11) is 0. The molecule has 0 bridgehead atoms. The number of H-pyrrole nitrogens is 1. The second-order valence-electron chi connectivity index (χ2n) is 4.85. The summed E-state index contributed by atoms with van der Waals surface area (Å²) < 4.78 is 13.0. The van der Waals surface area contributed by atoms with E-state index in [-0.39, 0.29) is 5.82 Å². The predicted molar refractivity (Wildman–Crippen MR) is 73.8 cm³/mol. The summed E-state index contributed by atoms with van der Waals surface area (Å²) in [6, 6.07) is 4.40. The molecule has 5 heteroatoms. The number of imidazole rings is 1. The number of hydrogen-bond acceptors (Lipinski definition) is 2. The van der Waals surface area contributed by atoms with Crippen LogP contribution in [0.2, 0.25) is 5.02 Å². The van der Waals surface area contributed by atoms with Crippen LogP contribution in [-0.4, -0.2) is 23.1 Å². The lowest BCUT2D eigenvalue weighted by atomic mass is 9.99. The first-order valence-corrected chi connectivity index (χ1v) is 6.83. The monoisotopic (exact) mass is 279 g/mol. The van der Waals surface area contributed by atoms with Gasteiger partial charge in [-0.25, -0.2) is 9.37 Å². The maximum Gasteiger partial charge on any atom is 0.124 e. The van der Waals surface area contributed by atoms with E-state index >= 15 is 0 Å².